The molecule has 1 aliphatic heterocycles. The minimum absolute atomic E-state index is 0.0166. The number of halogens is 1. The molecular weight excluding hydrogens is 501 g/mol. The molecule has 39 heavy (non-hydrogen) atoms. The second kappa shape index (κ2) is 10.6. The Morgan fingerprint density at radius 1 is 1.08 bits per heavy atom. The van der Waals surface area contributed by atoms with Gasteiger partial charge in [0.25, 0.3) is 0 Å². The van der Waals surface area contributed by atoms with Crippen molar-refractivity contribution in [1.82, 2.24) is 9.47 Å². The first-order valence-corrected chi connectivity index (χ1v) is 13.1. The SMILES string of the molecule is COc1ccc(C=CC(=O)c2cn(C3CC3)c3c(OC)c(N4CCN(C(C)=O)C(C)C4)c(F)cc3c2=O)cc1. The second-order valence-electron chi connectivity index (χ2n) is 10.1. The van der Waals surface area contributed by atoms with Crippen molar-refractivity contribution in [2.24, 2.45) is 0 Å². The van der Waals surface area contributed by atoms with E-state index in [-0.39, 0.29) is 40.4 Å². The van der Waals surface area contributed by atoms with E-state index in [0.717, 1.165) is 18.4 Å². The maximum absolute atomic E-state index is 15.8. The number of ether oxygens (including phenoxy) is 2. The van der Waals surface area contributed by atoms with Gasteiger partial charge in [0.15, 0.2) is 17.3 Å². The number of ketones is 1. The topological polar surface area (TPSA) is 81.1 Å². The first-order chi connectivity index (χ1) is 18.7. The van der Waals surface area contributed by atoms with Crippen LogP contribution in [0.5, 0.6) is 11.5 Å². The number of hydrogen-bond acceptors (Lipinski definition) is 6. The standard InChI is InChI=1S/C30H32FN3O5/c1-18-16-32(13-14-33(18)19(2)35)28-25(31)15-23-27(30(28)39-4)34(21-8-9-21)17-24(29(23)37)26(36)12-7-20-5-10-22(38-3)11-6-20/h5-7,10-12,15,17-18,21H,8-9,13-14,16H2,1-4H3. The average molecular weight is 534 g/mol. The number of methoxy groups -OCH3 is 2. The van der Waals surface area contributed by atoms with Crippen LogP contribution in [0.2, 0.25) is 0 Å². The third-order valence-electron chi connectivity index (χ3n) is 7.50. The zero-order valence-electron chi connectivity index (χ0n) is 22.6. The first kappa shape index (κ1) is 26.5. The van der Waals surface area contributed by atoms with E-state index in [4.69, 9.17) is 9.47 Å². The van der Waals surface area contributed by atoms with Crippen molar-refractivity contribution in [3.05, 3.63) is 69.8 Å². The van der Waals surface area contributed by atoms with Crippen LogP contribution < -0.4 is 19.8 Å². The molecule has 8 nitrogen and oxygen atoms in total. The molecule has 2 heterocycles. The number of rotatable bonds is 7. The van der Waals surface area contributed by atoms with Crippen molar-refractivity contribution in [3.63, 3.8) is 0 Å². The third-order valence-corrected chi connectivity index (χ3v) is 7.50. The van der Waals surface area contributed by atoms with Gasteiger partial charge in [0.05, 0.1) is 30.7 Å². The molecule has 1 saturated carbocycles. The van der Waals surface area contributed by atoms with Crippen LogP contribution in [0.3, 0.4) is 0 Å². The fourth-order valence-electron chi connectivity index (χ4n) is 5.35. The summed E-state index contributed by atoms with van der Waals surface area (Å²) in [6.45, 7) is 4.78. The quantitative estimate of drug-likeness (QED) is 0.330. The lowest BCUT2D eigenvalue weighted by atomic mass is 10.0. The molecule has 2 aromatic carbocycles. The fraction of sp³-hybridized carbons (Fsp3) is 0.367. The van der Waals surface area contributed by atoms with Gasteiger partial charge in [-0.2, -0.15) is 0 Å². The Balaban J connectivity index is 1.58. The highest BCUT2D eigenvalue weighted by Crippen LogP contribution is 2.44. The molecule has 2 aliphatic rings. The normalized spacial score (nSPS) is 17.6. The van der Waals surface area contributed by atoms with Gasteiger partial charge in [-0.25, -0.2) is 4.39 Å². The van der Waals surface area contributed by atoms with Crippen molar-refractivity contribution >= 4 is 34.4 Å². The van der Waals surface area contributed by atoms with E-state index in [1.54, 1.807) is 36.4 Å². The average Bonchev–Trinajstić information content (AvgIpc) is 3.77. The summed E-state index contributed by atoms with van der Waals surface area (Å²) in [5.41, 5.74) is 0.983. The molecule has 1 unspecified atom stereocenters. The van der Waals surface area contributed by atoms with Crippen LogP contribution in [-0.2, 0) is 4.79 Å². The summed E-state index contributed by atoms with van der Waals surface area (Å²) in [5.74, 6) is -0.101. The summed E-state index contributed by atoms with van der Waals surface area (Å²) in [6.07, 6.45) is 6.36. The molecule has 0 spiro atoms. The Kier molecular flexibility index (Phi) is 7.16. The number of amides is 1. The van der Waals surface area contributed by atoms with Gasteiger partial charge in [-0.15, -0.1) is 0 Å². The van der Waals surface area contributed by atoms with E-state index in [1.165, 1.54) is 26.2 Å². The molecule has 1 aliphatic carbocycles. The second-order valence-corrected chi connectivity index (χ2v) is 10.1. The molecule has 2 fully saturated rings. The highest BCUT2D eigenvalue weighted by molar-refractivity contribution is 6.08. The number of nitrogens with zero attached hydrogens (tertiary/aromatic N) is 3. The predicted molar refractivity (Wildman–Crippen MR) is 148 cm³/mol. The van der Waals surface area contributed by atoms with Crippen LogP contribution in [-0.4, -0.2) is 61.1 Å². The Labute approximate surface area is 226 Å². The van der Waals surface area contributed by atoms with Crippen LogP contribution in [0, 0.1) is 5.82 Å². The number of anilines is 1. The number of carbonyl (C=O) groups is 2. The zero-order chi connectivity index (χ0) is 27.8. The van der Waals surface area contributed by atoms with Gasteiger partial charge in [0.1, 0.15) is 11.4 Å². The van der Waals surface area contributed by atoms with Crippen LogP contribution >= 0.6 is 0 Å². The Morgan fingerprint density at radius 3 is 2.38 bits per heavy atom. The highest BCUT2D eigenvalue weighted by atomic mass is 19.1. The molecule has 3 aromatic rings. The molecule has 5 rings (SSSR count). The Morgan fingerprint density at radius 2 is 1.79 bits per heavy atom. The number of pyridine rings is 1. The van der Waals surface area contributed by atoms with Gasteiger partial charge in [-0.3, -0.25) is 14.4 Å². The zero-order valence-corrected chi connectivity index (χ0v) is 22.6. The lowest BCUT2D eigenvalue weighted by Gasteiger charge is -2.41. The minimum Gasteiger partial charge on any atom is -0.497 e. The van der Waals surface area contributed by atoms with Gasteiger partial charge < -0.3 is 23.8 Å². The minimum atomic E-state index is -0.597. The molecule has 0 N–H and O–H groups in total. The summed E-state index contributed by atoms with van der Waals surface area (Å²) < 4.78 is 28.6. The summed E-state index contributed by atoms with van der Waals surface area (Å²) in [7, 11) is 3.04. The van der Waals surface area contributed by atoms with Gasteiger partial charge in [-0.1, -0.05) is 18.2 Å². The molecule has 9 heteroatoms. The van der Waals surface area contributed by atoms with Gasteiger partial charge in [0.2, 0.25) is 11.3 Å². The smallest absolute Gasteiger partial charge is 0.219 e. The fourth-order valence-corrected chi connectivity index (χ4v) is 5.35. The molecule has 0 bridgehead atoms. The van der Waals surface area contributed by atoms with E-state index < -0.39 is 17.0 Å². The van der Waals surface area contributed by atoms with Crippen LogP contribution in [0.25, 0.3) is 17.0 Å². The molecule has 1 atom stereocenters. The van der Waals surface area contributed by atoms with E-state index in [2.05, 4.69) is 0 Å². The maximum atomic E-state index is 15.8. The van der Waals surface area contributed by atoms with Crippen molar-refractivity contribution < 1.29 is 23.5 Å². The predicted octanol–water partition coefficient (Wildman–Crippen LogP) is 4.45. The largest absolute Gasteiger partial charge is 0.497 e. The van der Waals surface area contributed by atoms with Crippen LogP contribution in [0.4, 0.5) is 10.1 Å². The number of allylic oxidation sites excluding steroid dienone is 1. The lowest BCUT2D eigenvalue weighted by molar-refractivity contribution is -0.131. The molecule has 1 aromatic heterocycles. The van der Waals surface area contributed by atoms with Crippen molar-refractivity contribution in [3.8, 4) is 11.5 Å². The highest BCUT2D eigenvalue weighted by Gasteiger charge is 2.33. The number of hydrogen-bond donors (Lipinski definition) is 0. The van der Waals surface area contributed by atoms with E-state index in [0.29, 0.717) is 30.9 Å². The Hall–Kier alpha value is -4.14. The van der Waals surface area contributed by atoms with Crippen molar-refractivity contribution in [2.75, 3.05) is 38.8 Å². The van der Waals surface area contributed by atoms with E-state index in [1.807, 2.05) is 28.5 Å². The number of fused-ring (bicyclic) bond motifs is 1. The number of benzene rings is 2. The molecule has 1 amide bonds. The van der Waals surface area contributed by atoms with Gasteiger partial charge >= 0.3 is 0 Å². The number of piperazine rings is 1. The molecule has 204 valence electrons. The van der Waals surface area contributed by atoms with Crippen LogP contribution in [0.15, 0.2) is 47.4 Å². The van der Waals surface area contributed by atoms with Crippen molar-refractivity contribution in [2.45, 2.75) is 38.8 Å². The third kappa shape index (κ3) is 5.01. The van der Waals surface area contributed by atoms with Crippen LogP contribution in [0.1, 0.15) is 48.7 Å². The molecule has 1 saturated heterocycles. The Bertz CT molecular complexity index is 1520. The lowest BCUT2D eigenvalue weighted by Crippen LogP contribution is -2.53. The molecule has 0 radical (unpaired) electrons. The first-order valence-electron chi connectivity index (χ1n) is 13.1. The summed E-state index contributed by atoms with van der Waals surface area (Å²) in [4.78, 5) is 42.3. The monoisotopic (exact) mass is 533 g/mol. The summed E-state index contributed by atoms with van der Waals surface area (Å²) in [6, 6.07) is 8.39. The summed E-state index contributed by atoms with van der Waals surface area (Å²) in [5, 5.41) is 0.110. The van der Waals surface area contributed by atoms with E-state index in [9.17, 15) is 14.4 Å². The number of aromatic nitrogens is 1. The van der Waals surface area contributed by atoms with Gasteiger partial charge in [-0.05, 0) is 49.6 Å². The summed E-state index contributed by atoms with van der Waals surface area (Å²) >= 11 is 0. The number of carbonyl (C=O) groups excluding carboxylic acids is 2. The van der Waals surface area contributed by atoms with E-state index >= 15 is 4.39 Å². The maximum Gasteiger partial charge on any atom is 0.219 e. The van der Waals surface area contributed by atoms with Crippen molar-refractivity contribution in [1.29, 1.82) is 0 Å². The van der Waals surface area contributed by atoms with Gasteiger partial charge in [0, 0.05) is 44.8 Å². The molecular formula is C30H32FN3O5.